The SMILES string of the molecule is CCC(O)C(=O)CCCCCCCC=CC=CC=CC=CC(=O)O. The molecule has 0 rings (SSSR count). The highest BCUT2D eigenvalue weighted by Crippen LogP contribution is 2.09. The van der Waals surface area contributed by atoms with Crippen LogP contribution < -0.4 is 0 Å². The van der Waals surface area contributed by atoms with Gasteiger partial charge in [0.2, 0.25) is 0 Å². The van der Waals surface area contributed by atoms with Crippen LogP contribution >= 0.6 is 0 Å². The number of aliphatic hydroxyl groups is 1. The predicted octanol–water partition coefficient (Wildman–Crippen LogP) is 4.37. The molecular weight excluding hydrogens is 304 g/mol. The summed E-state index contributed by atoms with van der Waals surface area (Å²) in [5.41, 5.74) is 0. The summed E-state index contributed by atoms with van der Waals surface area (Å²) in [7, 11) is 0. The average molecular weight is 334 g/mol. The van der Waals surface area contributed by atoms with E-state index in [2.05, 4.69) is 6.08 Å². The molecule has 4 nitrogen and oxygen atoms in total. The van der Waals surface area contributed by atoms with Gasteiger partial charge in [-0.3, -0.25) is 4.79 Å². The number of ketones is 1. The summed E-state index contributed by atoms with van der Waals surface area (Å²) in [6, 6.07) is 0. The molecule has 0 bridgehead atoms. The molecule has 0 heterocycles. The minimum absolute atomic E-state index is 0.0280. The van der Waals surface area contributed by atoms with E-state index >= 15 is 0 Å². The summed E-state index contributed by atoms with van der Waals surface area (Å²) in [5, 5.41) is 17.7. The Morgan fingerprint density at radius 3 is 2.12 bits per heavy atom. The van der Waals surface area contributed by atoms with Gasteiger partial charge in [0.15, 0.2) is 5.78 Å². The standard InChI is InChI=1S/C20H30O4/c1-2-18(21)19(22)16-14-12-10-8-6-4-3-5-7-9-11-13-15-17-20(23)24/h3,5,7,9,11,13,15,17-18,21H,2,4,6,8,10,12,14,16H2,1H3,(H,23,24). The molecule has 0 saturated heterocycles. The molecule has 0 aromatic rings. The molecule has 0 radical (unpaired) electrons. The molecule has 4 heteroatoms. The number of rotatable bonds is 14. The Balaban J connectivity index is 3.50. The molecule has 1 atom stereocenters. The smallest absolute Gasteiger partial charge is 0.328 e. The Morgan fingerprint density at radius 2 is 1.46 bits per heavy atom. The van der Waals surface area contributed by atoms with Crippen molar-refractivity contribution in [1.29, 1.82) is 0 Å². The van der Waals surface area contributed by atoms with Gasteiger partial charge in [-0.15, -0.1) is 0 Å². The number of carboxylic acids is 1. The van der Waals surface area contributed by atoms with Gasteiger partial charge >= 0.3 is 5.97 Å². The Bertz CT molecular complexity index is 458. The van der Waals surface area contributed by atoms with Crippen molar-refractivity contribution in [3.63, 3.8) is 0 Å². The maximum atomic E-state index is 11.4. The van der Waals surface area contributed by atoms with Gasteiger partial charge in [0.25, 0.3) is 0 Å². The molecule has 0 spiro atoms. The van der Waals surface area contributed by atoms with Crippen LogP contribution in [0.3, 0.4) is 0 Å². The van der Waals surface area contributed by atoms with Crippen molar-refractivity contribution in [2.75, 3.05) is 0 Å². The van der Waals surface area contributed by atoms with E-state index < -0.39 is 12.1 Å². The molecule has 2 N–H and O–H groups in total. The Labute approximate surface area is 145 Å². The van der Waals surface area contributed by atoms with Gasteiger partial charge in [-0.1, -0.05) is 68.7 Å². The van der Waals surface area contributed by atoms with Gasteiger partial charge in [-0.05, 0) is 25.7 Å². The van der Waals surface area contributed by atoms with Crippen LogP contribution in [0.1, 0.15) is 58.3 Å². The van der Waals surface area contributed by atoms with E-state index in [1.54, 1.807) is 12.2 Å². The second kappa shape index (κ2) is 15.9. The van der Waals surface area contributed by atoms with Crippen molar-refractivity contribution in [3.8, 4) is 0 Å². The molecule has 0 amide bonds. The van der Waals surface area contributed by atoms with Gasteiger partial charge in [-0.2, -0.15) is 0 Å². The van der Waals surface area contributed by atoms with E-state index in [9.17, 15) is 14.7 Å². The van der Waals surface area contributed by atoms with Crippen LogP contribution in [0, 0.1) is 0 Å². The van der Waals surface area contributed by atoms with Gasteiger partial charge < -0.3 is 10.2 Å². The largest absolute Gasteiger partial charge is 0.478 e. The van der Waals surface area contributed by atoms with Crippen LogP contribution in [0.4, 0.5) is 0 Å². The number of carboxylic acid groups (broad SMARTS) is 1. The van der Waals surface area contributed by atoms with E-state index in [0.717, 1.165) is 44.6 Å². The zero-order valence-electron chi connectivity index (χ0n) is 14.6. The second-order valence-corrected chi connectivity index (χ2v) is 5.59. The number of allylic oxidation sites excluding steroid dienone is 7. The lowest BCUT2D eigenvalue weighted by atomic mass is 10.0. The number of aliphatic carboxylic acids is 1. The lowest BCUT2D eigenvalue weighted by Crippen LogP contribution is -2.18. The highest BCUT2D eigenvalue weighted by molar-refractivity contribution is 5.82. The number of unbranched alkanes of at least 4 members (excludes halogenated alkanes) is 5. The summed E-state index contributed by atoms with van der Waals surface area (Å²) in [4.78, 5) is 21.6. The summed E-state index contributed by atoms with van der Waals surface area (Å²) in [6.45, 7) is 1.82. The van der Waals surface area contributed by atoms with Gasteiger partial charge in [0, 0.05) is 12.5 Å². The van der Waals surface area contributed by atoms with Gasteiger partial charge in [0.05, 0.1) is 0 Å². The fourth-order valence-corrected chi connectivity index (χ4v) is 2.06. The molecule has 1 unspecified atom stereocenters. The number of Topliss-reactive ketones (excluding diaryl/α,β-unsaturated/α-hetero) is 1. The topological polar surface area (TPSA) is 74.6 Å². The molecule has 0 aliphatic rings. The summed E-state index contributed by atoms with van der Waals surface area (Å²) >= 11 is 0. The van der Waals surface area contributed by atoms with E-state index in [4.69, 9.17) is 5.11 Å². The van der Waals surface area contributed by atoms with Crippen molar-refractivity contribution in [2.45, 2.75) is 64.4 Å². The molecule has 0 fully saturated rings. The first-order valence-electron chi connectivity index (χ1n) is 8.68. The van der Waals surface area contributed by atoms with Crippen molar-refractivity contribution in [1.82, 2.24) is 0 Å². The maximum absolute atomic E-state index is 11.4. The predicted molar refractivity (Wildman–Crippen MR) is 97.8 cm³/mol. The van der Waals surface area contributed by atoms with Crippen LogP contribution in [-0.4, -0.2) is 28.1 Å². The normalized spacial score (nSPS) is 13.6. The number of hydrogen-bond acceptors (Lipinski definition) is 3. The minimum atomic E-state index is -0.950. The molecule has 0 aliphatic heterocycles. The van der Waals surface area contributed by atoms with E-state index in [1.807, 2.05) is 25.2 Å². The summed E-state index contributed by atoms with van der Waals surface area (Å²) in [6.07, 6.45) is 20.4. The fraction of sp³-hybridized carbons (Fsp3) is 0.500. The van der Waals surface area contributed by atoms with Gasteiger partial charge in [0.1, 0.15) is 6.10 Å². The van der Waals surface area contributed by atoms with E-state index in [0.29, 0.717) is 12.8 Å². The molecule has 0 aromatic heterocycles. The fourth-order valence-electron chi connectivity index (χ4n) is 2.06. The van der Waals surface area contributed by atoms with Crippen LogP contribution in [0.5, 0.6) is 0 Å². The molecule has 0 aliphatic carbocycles. The first-order valence-corrected chi connectivity index (χ1v) is 8.68. The second-order valence-electron chi connectivity index (χ2n) is 5.59. The van der Waals surface area contributed by atoms with Crippen LogP contribution in [0.25, 0.3) is 0 Å². The zero-order valence-corrected chi connectivity index (χ0v) is 14.6. The van der Waals surface area contributed by atoms with Crippen molar-refractivity contribution in [3.05, 3.63) is 48.6 Å². The quantitative estimate of drug-likeness (QED) is 0.281. The molecule has 0 saturated carbocycles. The van der Waals surface area contributed by atoms with Crippen LogP contribution in [0.15, 0.2) is 48.6 Å². The molecule has 24 heavy (non-hydrogen) atoms. The monoisotopic (exact) mass is 334 g/mol. The summed E-state index contributed by atoms with van der Waals surface area (Å²) in [5.74, 6) is -0.978. The lowest BCUT2D eigenvalue weighted by Gasteiger charge is -2.05. The number of aliphatic hydroxyl groups excluding tert-OH is 1. The lowest BCUT2D eigenvalue weighted by molar-refractivity contribution is -0.131. The van der Waals surface area contributed by atoms with E-state index in [-0.39, 0.29) is 5.78 Å². The highest BCUT2D eigenvalue weighted by Gasteiger charge is 2.10. The van der Waals surface area contributed by atoms with Crippen molar-refractivity contribution in [2.24, 2.45) is 0 Å². The molecule has 134 valence electrons. The molecular formula is C20H30O4. The zero-order chi connectivity index (χ0) is 18.0. The Hall–Kier alpha value is -1.94. The third-order valence-corrected chi connectivity index (χ3v) is 3.48. The van der Waals surface area contributed by atoms with Crippen molar-refractivity contribution < 1.29 is 19.8 Å². The van der Waals surface area contributed by atoms with Crippen molar-refractivity contribution >= 4 is 11.8 Å². The van der Waals surface area contributed by atoms with Crippen LogP contribution in [0.2, 0.25) is 0 Å². The van der Waals surface area contributed by atoms with E-state index in [1.165, 1.54) is 6.08 Å². The van der Waals surface area contributed by atoms with Gasteiger partial charge in [-0.25, -0.2) is 4.79 Å². The minimum Gasteiger partial charge on any atom is -0.478 e. The molecule has 0 aromatic carbocycles. The number of hydrogen-bond donors (Lipinski definition) is 2. The first kappa shape index (κ1) is 22.1. The summed E-state index contributed by atoms with van der Waals surface area (Å²) < 4.78 is 0. The van der Waals surface area contributed by atoms with Crippen LogP contribution in [-0.2, 0) is 9.59 Å². The third kappa shape index (κ3) is 15.0. The maximum Gasteiger partial charge on any atom is 0.328 e. The highest BCUT2D eigenvalue weighted by atomic mass is 16.4. The Morgan fingerprint density at radius 1 is 0.875 bits per heavy atom. The number of carbonyl (C=O) groups excluding carboxylic acids is 1. The number of carbonyl (C=O) groups is 2. The third-order valence-electron chi connectivity index (χ3n) is 3.48. The first-order chi connectivity index (χ1) is 11.6. The Kier molecular flexibility index (Phi) is 14.6. The average Bonchev–Trinajstić information content (AvgIpc) is 2.57.